The van der Waals surface area contributed by atoms with Crippen LogP contribution in [0.15, 0.2) is 29.6 Å². The molecule has 3 rings (SSSR count). The molecule has 1 fully saturated rings. The standard InChI is InChI=1S/C19H24N4O2S2/c1-13-3-5-15(6-4-13)16-12-26-8-7-23(16)10-18(25)22-21-17(24)9-19-20-14(2)11-27-19/h3-6,11,16H,7-10,12H2,1-2H3,(H,21,24)(H,22,25). The third-order valence-corrected chi connectivity index (χ3v) is 6.36. The van der Waals surface area contributed by atoms with Crippen LogP contribution in [-0.4, -0.2) is 46.3 Å². The van der Waals surface area contributed by atoms with E-state index in [1.54, 1.807) is 0 Å². The summed E-state index contributed by atoms with van der Waals surface area (Å²) in [5.74, 6) is 1.50. The smallest absolute Gasteiger partial charge is 0.252 e. The second-order valence-electron chi connectivity index (χ2n) is 6.63. The summed E-state index contributed by atoms with van der Waals surface area (Å²) < 4.78 is 0. The average Bonchev–Trinajstić information content (AvgIpc) is 3.06. The summed E-state index contributed by atoms with van der Waals surface area (Å²) in [6, 6.07) is 8.69. The Balaban J connectivity index is 1.50. The van der Waals surface area contributed by atoms with Gasteiger partial charge in [0.15, 0.2) is 0 Å². The van der Waals surface area contributed by atoms with Gasteiger partial charge in [-0.05, 0) is 19.4 Å². The first-order chi connectivity index (χ1) is 13.0. The molecule has 0 spiro atoms. The number of nitrogens with one attached hydrogen (secondary N) is 2. The van der Waals surface area contributed by atoms with Crippen molar-refractivity contribution in [1.82, 2.24) is 20.7 Å². The largest absolute Gasteiger partial charge is 0.286 e. The molecule has 8 heteroatoms. The molecular weight excluding hydrogens is 380 g/mol. The molecule has 1 aromatic carbocycles. The molecule has 0 radical (unpaired) electrons. The van der Waals surface area contributed by atoms with E-state index in [0.29, 0.717) is 0 Å². The first-order valence-electron chi connectivity index (χ1n) is 8.88. The minimum absolute atomic E-state index is 0.172. The highest BCUT2D eigenvalue weighted by molar-refractivity contribution is 7.99. The minimum atomic E-state index is -0.262. The fourth-order valence-electron chi connectivity index (χ4n) is 2.95. The third-order valence-electron chi connectivity index (χ3n) is 4.37. The van der Waals surface area contributed by atoms with Crippen LogP contribution < -0.4 is 10.9 Å². The lowest BCUT2D eigenvalue weighted by Crippen LogP contribution is -2.49. The van der Waals surface area contributed by atoms with Gasteiger partial charge in [-0.1, -0.05) is 29.8 Å². The van der Waals surface area contributed by atoms with Crippen molar-refractivity contribution in [2.75, 3.05) is 24.6 Å². The Kier molecular flexibility index (Phi) is 6.87. The molecule has 0 saturated carbocycles. The molecule has 2 N–H and O–H groups in total. The summed E-state index contributed by atoms with van der Waals surface area (Å²) in [7, 11) is 0. The highest BCUT2D eigenvalue weighted by Crippen LogP contribution is 2.29. The normalized spacial score (nSPS) is 17.5. The molecule has 1 aliphatic rings. The van der Waals surface area contributed by atoms with Crippen molar-refractivity contribution in [3.05, 3.63) is 51.5 Å². The summed E-state index contributed by atoms with van der Waals surface area (Å²) >= 11 is 3.35. The Labute approximate surface area is 167 Å². The van der Waals surface area contributed by atoms with E-state index in [1.807, 2.05) is 24.1 Å². The lowest BCUT2D eigenvalue weighted by atomic mass is 10.0. The predicted octanol–water partition coefficient (Wildman–Crippen LogP) is 2.24. The van der Waals surface area contributed by atoms with E-state index in [-0.39, 0.29) is 30.8 Å². The fourth-order valence-corrected chi connectivity index (χ4v) is 4.88. The SMILES string of the molecule is Cc1ccc(C2CSCCN2CC(=O)NNC(=O)Cc2nc(C)cs2)cc1. The molecule has 6 nitrogen and oxygen atoms in total. The molecule has 0 aliphatic carbocycles. The maximum Gasteiger partial charge on any atom is 0.252 e. The van der Waals surface area contributed by atoms with E-state index in [1.165, 1.54) is 22.5 Å². The monoisotopic (exact) mass is 404 g/mol. The number of aryl methyl sites for hydroxylation is 2. The van der Waals surface area contributed by atoms with Crippen molar-refractivity contribution >= 4 is 34.9 Å². The maximum atomic E-state index is 12.3. The Bertz CT molecular complexity index is 791. The lowest BCUT2D eigenvalue weighted by Gasteiger charge is -2.35. The third kappa shape index (κ3) is 5.79. The van der Waals surface area contributed by atoms with Crippen LogP contribution in [0.1, 0.15) is 27.9 Å². The van der Waals surface area contributed by atoms with E-state index in [0.717, 1.165) is 28.8 Å². The van der Waals surface area contributed by atoms with E-state index in [2.05, 4.69) is 51.9 Å². The molecule has 1 saturated heterocycles. The van der Waals surface area contributed by atoms with E-state index in [4.69, 9.17) is 0 Å². The Morgan fingerprint density at radius 1 is 1.19 bits per heavy atom. The van der Waals surface area contributed by atoms with Gasteiger partial charge in [-0.3, -0.25) is 25.3 Å². The van der Waals surface area contributed by atoms with Gasteiger partial charge in [-0.2, -0.15) is 11.8 Å². The number of thiazole rings is 1. The van der Waals surface area contributed by atoms with Gasteiger partial charge in [0, 0.05) is 35.2 Å². The molecule has 1 unspecified atom stereocenters. The molecule has 2 amide bonds. The van der Waals surface area contributed by atoms with Crippen LogP contribution in [0.2, 0.25) is 0 Å². The van der Waals surface area contributed by atoms with Gasteiger partial charge in [0.25, 0.3) is 5.91 Å². The van der Waals surface area contributed by atoms with Crippen molar-refractivity contribution in [1.29, 1.82) is 0 Å². The van der Waals surface area contributed by atoms with Crippen LogP contribution in [0.25, 0.3) is 0 Å². The van der Waals surface area contributed by atoms with Crippen LogP contribution in [0.5, 0.6) is 0 Å². The van der Waals surface area contributed by atoms with E-state index < -0.39 is 0 Å². The van der Waals surface area contributed by atoms with Gasteiger partial charge in [0.2, 0.25) is 5.91 Å². The highest BCUT2D eigenvalue weighted by Gasteiger charge is 2.26. The van der Waals surface area contributed by atoms with Crippen LogP contribution in [0.3, 0.4) is 0 Å². The zero-order valence-corrected chi connectivity index (χ0v) is 17.2. The summed E-state index contributed by atoms with van der Waals surface area (Å²) in [4.78, 5) is 30.7. The molecule has 1 aliphatic heterocycles. The van der Waals surface area contributed by atoms with Crippen molar-refractivity contribution in [2.24, 2.45) is 0 Å². The number of carbonyl (C=O) groups is 2. The number of hydrogen-bond acceptors (Lipinski definition) is 6. The Hall–Kier alpha value is -1.90. The van der Waals surface area contributed by atoms with Crippen LogP contribution in [0, 0.1) is 13.8 Å². The quantitative estimate of drug-likeness (QED) is 0.748. The molecule has 144 valence electrons. The number of thioether (sulfide) groups is 1. The molecule has 2 heterocycles. The number of hydrogen-bond donors (Lipinski definition) is 2. The zero-order valence-electron chi connectivity index (χ0n) is 15.5. The van der Waals surface area contributed by atoms with Gasteiger partial charge in [-0.25, -0.2) is 4.98 Å². The van der Waals surface area contributed by atoms with Gasteiger partial charge in [-0.15, -0.1) is 11.3 Å². The van der Waals surface area contributed by atoms with Crippen molar-refractivity contribution in [3.8, 4) is 0 Å². The van der Waals surface area contributed by atoms with E-state index >= 15 is 0 Å². The molecule has 2 aromatic rings. The summed E-state index contributed by atoms with van der Waals surface area (Å²) in [5, 5.41) is 2.65. The molecular formula is C19H24N4O2S2. The Morgan fingerprint density at radius 2 is 1.93 bits per heavy atom. The maximum absolute atomic E-state index is 12.3. The van der Waals surface area contributed by atoms with Crippen molar-refractivity contribution in [2.45, 2.75) is 26.3 Å². The number of amides is 2. The number of hydrazine groups is 1. The molecule has 0 bridgehead atoms. The second-order valence-corrected chi connectivity index (χ2v) is 8.72. The van der Waals surface area contributed by atoms with Crippen LogP contribution in [0.4, 0.5) is 0 Å². The summed E-state index contributed by atoms with van der Waals surface area (Å²) in [6.07, 6.45) is 0.172. The number of benzene rings is 1. The molecule has 1 aromatic heterocycles. The second kappa shape index (κ2) is 9.34. The Morgan fingerprint density at radius 3 is 2.63 bits per heavy atom. The van der Waals surface area contributed by atoms with Crippen LogP contribution in [-0.2, 0) is 16.0 Å². The van der Waals surface area contributed by atoms with Crippen molar-refractivity contribution < 1.29 is 9.59 Å². The first-order valence-corrected chi connectivity index (χ1v) is 10.9. The van der Waals surface area contributed by atoms with Crippen molar-refractivity contribution in [3.63, 3.8) is 0 Å². The lowest BCUT2D eigenvalue weighted by molar-refractivity contribution is -0.129. The number of aromatic nitrogens is 1. The zero-order chi connectivity index (χ0) is 19.2. The number of carbonyl (C=O) groups excluding carboxylic acids is 2. The van der Waals surface area contributed by atoms with Crippen LogP contribution >= 0.6 is 23.1 Å². The van der Waals surface area contributed by atoms with Gasteiger partial charge in [0.1, 0.15) is 5.01 Å². The minimum Gasteiger partial charge on any atom is -0.286 e. The summed E-state index contributed by atoms with van der Waals surface area (Å²) in [6.45, 7) is 5.07. The number of nitrogens with zero attached hydrogens (tertiary/aromatic N) is 2. The van der Waals surface area contributed by atoms with E-state index in [9.17, 15) is 9.59 Å². The topological polar surface area (TPSA) is 74.3 Å². The average molecular weight is 405 g/mol. The predicted molar refractivity (Wildman–Crippen MR) is 110 cm³/mol. The summed E-state index contributed by atoms with van der Waals surface area (Å²) in [5.41, 5.74) is 8.37. The first kappa shape index (κ1) is 19.9. The molecule has 1 atom stereocenters. The van der Waals surface area contributed by atoms with Gasteiger partial charge >= 0.3 is 0 Å². The van der Waals surface area contributed by atoms with Gasteiger partial charge < -0.3 is 0 Å². The number of rotatable bonds is 5. The van der Waals surface area contributed by atoms with Gasteiger partial charge in [0.05, 0.1) is 13.0 Å². The fraction of sp³-hybridized carbons (Fsp3) is 0.421. The molecule has 27 heavy (non-hydrogen) atoms. The highest BCUT2D eigenvalue weighted by atomic mass is 32.2.